The van der Waals surface area contributed by atoms with Gasteiger partial charge in [0.15, 0.2) is 0 Å². The Balaban J connectivity index is 1.36. The molecule has 2 aromatic carbocycles. The second-order valence-corrected chi connectivity index (χ2v) is 10.1. The van der Waals surface area contributed by atoms with Crippen LogP contribution < -0.4 is 25.8 Å². The van der Waals surface area contributed by atoms with Gasteiger partial charge in [0, 0.05) is 55.6 Å². The molecule has 1 saturated heterocycles. The van der Waals surface area contributed by atoms with Crippen molar-refractivity contribution in [3.63, 3.8) is 0 Å². The standard InChI is InChI=1S/C29H38N6O2/c1-2-18-35-25-11-7-6-10-24(25)26(21-8-4-3-5-9-21)32-27(28(35)36)33-29(37)31-22-12-14-23(15-13-22)34-19-16-30-17-20-34/h6-7,10-15,21,27,30H,2-5,8-9,16-20H2,1H3,(H2,31,33,37)/t27-/m0/s1. The van der Waals surface area contributed by atoms with Gasteiger partial charge in [-0.25, -0.2) is 4.79 Å². The molecule has 2 aliphatic heterocycles. The molecule has 8 heteroatoms. The van der Waals surface area contributed by atoms with Crippen molar-refractivity contribution in [1.82, 2.24) is 10.6 Å². The molecule has 1 saturated carbocycles. The van der Waals surface area contributed by atoms with Gasteiger partial charge >= 0.3 is 6.03 Å². The van der Waals surface area contributed by atoms with Crippen LogP contribution in [0, 0.1) is 5.92 Å². The van der Waals surface area contributed by atoms with Gasteiger partial charge in [0.05, 0.1) is 11.4 Å². The predicted molar refractivity (Wildman–Crippen MR) is 150 cm³/mol. The van der Waals surface area contributed by atoms with Crippen molar-refractivity contribution in [3.05, 3.63) is 54.1 Å². The number of nitrogens with zero attached hydrogens (tertiary/aromatic N) is 3. The first-order valence-corrected chi connectivity index (χ1v) is 13.8. The number of benzodiazepines with no additional fused rings is 1. The number of hydrogen-bond acceptors (Lipinski definition) is 5. The van der Waals surface area contributed by atoms with E-state index in [9.17, 15) is 9.59 Å². The summed E-state index contributed by atoms with van der Waals surface area (Å²) in [5.41, 5.74) is 4.69. The molecule has 3 aliphatic rings. The van der Waals surface area contributed by atoms with E-state index in [2.05, 4.69) is 33.8 Å². The molecule has 0 aromatic heterocycles. The molecule has 3 amide bonds. The lowest BCUT2D eigenvalue weighted by Gasteiger charge is -2.29. The Bertz CT molecular complexity index is 1120. The Kier molecular flexibility index (Phi) is 8.04. The molecular weight excluding hydrogens is 464 g/mol. The van der Waals surface area contributed by atoms with Crippen LogP contribution in [0.3, 0.4) is 0 Å². The minimum absolute atomic E-state index is 0.190. The monoisotopic (exact) mass is 502 g/mol. The molecule has 2 heterocycles. The first-order chi connectivity index (χ1) is 18.1. The fourth-order valence-electron chi connectivity index (χ4n) is 5.68. The molecule has 0 bridgehead atoms. The lowest BCUT2D eigenvalue weighted by molar-refractivity contribution is -0.120. The van der Waals surface area contributed by atoms with E-state index in [-0.39, 0.29) is 5.91 Å². The van der Waals surface area contributed by atoms with Crippen LogP contribution in [0.15, 0.2) is 53.5 Å². The highest BCUT2D eigenvalue weighted by atomic mass is 16.2. The second kappa shape index (κ2) is 11.8. The summed E-state index contributed by atoms with van der Waals surface area (Å²) in [4.78, 5) is 35.8. The van der Waals surface area contributed by atoms with Gasteiger partial charge in [0.1, 0.15) is 0 Å². The quantitative estimate of drug-likeness (QED) is 0.547. The second-order valence-electron chi connectivity index (χ2n) is 10.1. The number of carbonyl (C=O) groups excluding carboxylic acids is 2. The number of urea groups is 1. The number of amides is 3. The van der Waals surface area contributed by atoms with Gasteiger partial charge in [-0.05, 0) is 49.6 Å². The maximum absolute atomic E-state index is 13.7. The molecule has 3 N–H and O–H groups in total. The number of anilines is 3. The lowest BCUT2D eigenvalue weighted by Crippen LogP contribution is -2.49. The van der Waals surface area contributed by atoms with Gasteiger partial charge in [0.25, 0.3) is 5.91 Å². The number of fused-ring (bicyclic) bond motifs is 1. The van der Waals surface area contributed by atoms with Crippen molar-refractivity contribution >= 4 is 34.7 Å². The third-order valence-electron chi connectivity index (χ3n) is 7.55. The SMILES string of the molecule is CCCN1C(=O)[C@H](NC(=O)Nc2ccc(N3CCNCC3)cc2)N=C(C2CCCCC2)c2ccccc21. The topological polar surface area (TPSA) is 89.1 Å². The van der Waals surface area contributed by atoms with Gasteiger partial charge in [-0.15, -0.1) is 0 Å². The number of hydrogen-bond donors (Lipinski definition) is 3. The highest BCUT2D eigenvalue weighted by molar-refractivity contribution is 6.14. The minimum atomic E-state index is -0.962. The summed E-state index contributed by atoms with van der Waals surface area (Å²) in [5, 5.41) is 9.14. The van der Waals surface area contributed by atoms with Gasteiger partial charge in [-0.3, -0.25) is 9.79 Å². The van der Waals surface area contributed by atoms with Crippen molar-refractivity contribution in [2.45, 2.75) is 51.6 Å². The van der Waals surface area contributed by atoms with E-state index in [0.29, 0.717) is 18.2 Å². The van der Waals surface area contributed by atoms with Crippen LogP contribution in [0.5, 0.6) is 0 Å². The number of rotatable bonds is 6. The first-order valence-electron chi connectivity index (χ1n) is 13.8. The van der Waals surface area contributed by atoms with Crippen LogP contribution in [0.4, 0.5) is 21.9 Å². The summed E-state index contributed by atoms with van der Waals surface area (Å²) in [6, 6.07) is 15.5. The van der Waals surface area contributed by atoms with Crippen LogP contribution in [-0.2, 0) is 4.79 Å². The minimum Gasteiger partial charge on any atom is -0.369 e. The van der Waals surface area contributed by atoms with E-state index >= 15 is 0 Å². The largest absolute Gasteiger partial charge is 0.369 e. The van der Waals surface area contributed by atoms with Gasteiger partial charge in [0.2, 0.25) is 6.17 Å². The number of aliphatic imine (C=N–C) groups is 1. The van der Waals surface area contributed by atoms with Crippen LogP contribution in [0.2, 0.25) is 0 Å². The van der Waals surface area contributed by atoms with E-state index < -0.39 is 12.2 Å². The van der Waals surface area contributed by atoms with Crippen molar-refractivity contribution in [2.24, 2.45) is 10.9 Å². The molecular formula is C29H38N6O2. The predicted octanol–water partition coefficient (Wildman–Crippen LogP) is 4.37. The third-order valence-corrected chi connectivity index (χ3v) is 7.55. The van der Waals surface area contributed by atoms with Gasteiger partial charge in [-0.1, -0.05) is 44.4 Å². The van der Waals surface area contributed by atoms with Crippen molar-refractivity contribution < 1.29 is 9.59 Å². The fraction of sp³-hybridized carbons (Fsp3) is 0.483. The highest BCUT2D eigenvalue weighted by Gasteiger charge is 2.34. The molecule has 5 rings (SSSR count). The lowest BCUT2D eigenvalue weighted by atomic mass is 9.83. The number of benzene rings is 2. The molecule has 2 aromatic rings. The highest BCUT2D eigenvalue weighted by Crippen LogP contribution is 2.34. The number of carbonyl (C=O) groups is 2. The average molecular weight is 503 g/mol. The fourth-order valence-corrected chi connectivity index (χ4v) is 5.68. The molecule has 196 valence electrons. The summed E-state index contributed by atoms with van der Waals surface area (Å²) in [5.74, 6) is 0.110. The van der Waals surface area contributed by atoms with Gasteiger partial charge in [-0.2, -0.15) is 0 Å². The number of para-hydroxylation sites is 1. The number of nitrogens with one attached hydrogen (secondary N) is 3. The van der Waals surface area contributed by atoms with Crippen molar-refractivity contribution in [2.75, 3.05) is 47.8 Å². The van der Waals surface area contributed by atoms with Crippen LogP contribution in [-0.4, -0.2) is 56.5 Å². The molecule has 2 fully saturated rings. The third kappa shape index (κ3) is 5.80. The average Bonchev–Trinajstić information content (AvgIpc) is 3.05. The molecule has 0 spiro atoms. The van der Waals surface area contributed by atoms with Crippen LogP contribution in [0.1, 0.15) is 51.0 Å². The van der Waals surface area contributed by atoms with Gasteiger partial charge < -0.3 is 25.8 Å². The normalized spacial score (nSPS) is 20.6. The zero-order chi connectivity index (χ0) is 25.6. The Morgan fingerprint density at radius 3 is 2.49 bits per heavy atom. The molecule has 37 heavy (non-hydrogen) atoms. The Morgan fingerprint density at radius 1 is 1.03 bits per heavy atom. The smallest absolute Gasteiger partial charge is 0.321 e. The van der Waals surface area contributed by atoms with Crippen LogP contribution in [0.25, 0.3) is 0 Å². The maximum atomic E-state index is 13.7. The van der Waals surface area contributed by atoms with E-state index in [1.54, 1.807) is 4.90 Å². The maximum Gasteiger partial charge on any atom is 0.321 e. The van der Waals surface area contributed by atoms with E-state index in [4.69, 9.17) is 4.99 Å². The zero-order valence-electron chi connectivity index (χ0n) is 21.7. The van der Waals surface area contributed by atoms with Crippen molar-refractivity contribution in [1.29, 1.82) is 0 Å². The summed E-state index contributed by atoms with van der Waals surface area (Å²) in [6.07, 6.45) is 5.56. The zero-order valence-corrected chi connectivity index (χ0v) is 21.7. The van der Waals surface area contributed by atoms with E-state index in [1.807, 2.05) is 42.5 Å². The van der Waals surface area contributed by atoms with Crippen LogP contribution >= 0.6 is 0 Å². The molecule has 0 radical (unpaired) electrons. The molecule has 1 aliphatic carbocycles. The first kappa shape index (κ1) is 25.3. The van der Waals surface area contributed by atoms with E-state index in [0.717, 1.165) is 68.1 Å². The Hall–Kier alpha value is -3.39. The van der Waals surface area contributed by atoms with Crippen molar-refractivity contribution in [3.8, 4) is 0 Å². The Labute approximate surface area is 219 Å². The summed E-state index contributed by atoms with van der Waals surface area (Å²) in [7, 11) is 0. The molecule has 1 atom stereocenters. The van der Waals surface area contributed by atoms with E-state index in [1.165, 1.54) is 19.3 Å². The summed E-state index contributed by atoms with van der Waals surface area (Å²) in [6.45, 7) is 6.52. The summed E-state index contributed by atoms with van der Waals surface area (Å²) < 4.78 is 0. The molecule has 8 nitrogen and oxygen atoms in total. The molecule has 0 unspecified atom stereocenters. The summed E-state index contributed by atoms with van der Waals surface area (Å²) >= 11 is 0. The number of piperazine rings is 1. The Morgan fingerprint density at radius 2 is 1.76 bits per heavy atom.